The molecule has 0 radical (unpaired) electrons. The van der Waals surface area contributed by atoms with Gasteiger partial charge in [0, 0.05) is 30.0 Å². The first-order chi connectivity index (χ1) is 15.1. The molecule has 0 unspecified atom stereocenters. The van der Waals surface area contributed by atoms with Crippen molar-refractivity contribution in [3.8, 4) is 23.0 Å². The van der Waals surface area contributed by atoms with Gasteiger partial charge in [0.25, 0.3) is 0 Å². The molecule has 1 aliphatic rings. The first kappa shape index (κ1) is 21.0. The maximum atomic E-state index is 13.4. The van der Waals surface area contributed by atoms with E-state index >= 15 is 0 Å². The van der Waals surface area contributed by atoms with Crippen molar-refractivity contribution in [3.05, 3.63) is 93.8 Å². The number of benzene rings is 3. The highest BCUT2D eigenvalue weighted by atomic mass is 35.5. The van der Waals surface area contributed by atoms with Crippen LogP contribution in [0, 0.1) is 24.6 Å². The van der Waals surface area contributed by atoms with E-state index in [1.807, 2.05) is 24.3 Å². The minimum atomic E-state index is -0.473. The maximum absolute atomic E-state index is 13.4. The maximum Gasteiger partial charge on any atom is 0.407 e. The number of hydrogen-bond acceptors (Lipinski definition) is 2. The number of carbonyl (C=O) groups excluding carboxylic acids is 1. The molecule has 0 aliphatic heterocycles. The summed E-state index contributed by atoms with van der Waals surface area (Å²) in [6.07, 6.45) is -0.0453. The molecule has 31 heavy (non-hydrogen) atoms. The molecule has 0 bridgehead atoms. The molecule has 1 aliphatic carbocycles. The van der Waals surface area contributed by atoms with E-state index in [0.29, 0.717) is 29.1 Å². The highest BCUT2D eigenvalue weighted by Gasteiger charge is 2.28. The zero-order chi connectivity index (χ0) is 21.8. The summed E-state index contributed by atoms with van der Waals surface area (Å²) in [6.45, 7) is 2.24. The molecule has 3 nitrogen and oxygen atoms in total. The zero-order valence-electron chi connectivity index (χ0n) is 17.0. The van der Waals surface area contributed by atoms with Crippen LogP contribution in [0.3, 0.4) is 0 Å². The van der Waals surface area contributed by atoms with Crippen molar-refractivity contribution in [2.24, 2.45) is 0 Å². The molecular weight excluding hydrogens is 413 g/mol. The number of nitrogens with one attached hydrogen (secondary N) is 1. The number of ether oxygens (including phenoxy) is 1. The summed E-state index contributed by atoms with van der Waals surface area (Å²) in [7, 11) is 0. The molecule has 5 heteroatoms. The highest BCUT2D eigenvalue weighted by Crippen LogP contribution is 2.44. The first-order valence-electron chi connectivity index (χ1n) is 10.1. The van der Waals surface area contributed by atoms with Gasteiger partial charge in [0.05, 0.1) is 5.02 Å². The van der Waals surface area contributed by atoms with Crippen LogP contribution in [-0.4, -0.2) is 19.2 Å². The first-order valence-corrected chi connectivity index (χ1v) is 10.5. The molecule has 4 rings (SSSR count). The Morgan fingerprint density at radius 2 is 1.71 bits per heavy atom. The summed E-state index contributed by atoms with van der Waals surface area (Å²) in [5.41, 5.74) is 5.68. The Hall–Kier alpha value is -3.29. The molecule has 0 aromatic heterocycles. The number of alkyl carbamates (subject to hydrolysis) is 1. The molecule has 156 valence electrons. The van der Waals surface area contributed by atoms with Crippen LogP contribution in [0.5, 0.6) is 0 Å². The molecule has 0 spiro atoms. The van der Waals surface area contributed by atoms with Crippen molar-refractivity contribution in [2.75, 3.05) is 13.2 Å². The molecule has 1 N–H and O–H groups in total. The second-order valence-corrected chi connectivity index (χ2v) is 7.72. The van der Waals surface area contributed by atoms with E-state index < -0.39 is 6.09 Å². The van der Waals surface area contributed by atoms with Crippen LogP contribution in [0.4, 0.5) is 9.18 Å². The molecular formula is C26H21ClFNO2. The number of fused-ring (bicyclic) bond motifs is 3. The van der Waals surface area contributed by atoms with Crippen molar-refractivity contribution in [1.82, 2.24) is 5.32 Å². The fraction of sp³-hybridized carbons (Fsp3) is 0.192. The van der Waals surface area contributed by atoms with Gasteiger partial charge in [-0.05, 0) is 41.3 Å². The lowest BCUT2D eigenvalue weighted by Crippen LogP contribution is -2.26. The van der Waals surface area contributed by atoms with Gasteiger partial charge in [0.15, 0.2) is 0 Å². The van der Waals surface area contributed by atoms with E-state index in [-0.39, 0.29) is 18.3 Å². The van der Waals surface area contributed by atoms with Gasteiger partial charge in [0.2, 0.25) is 0 Å². The zero-order valence-corrected chi connectivity index (χ0v) is 17.8. The van der Waals surface area contributed by atoms with Crippen LogP contribution < -0.4 is 5.32 Å². The Kier molecular flexibility index (Phi) is 6.25. The Balaban J connectivity index is 1.30. The lowest BCUT2D eigenvalue weighted by molar-refractivity contribution is 0.143. The lowest BCUT2D eigenvalue weighted by Gasteiger charge is -2.14. The van der Waals surface area contributed by atoms with Gasteiger partial charge in [-0.25, -0.2) is 9.18 Å². The van der Waals surface area contributed by atoms with Gasteiger partial charge >= 0.3 is 6.09 Å². The van der Waals surface area contributed by atoms with Gasteiger partial charge in [-0.2, -0.15) is 0 Å². The Bertz CT molecular complexity index is 1150. The minimum absolute atomic E-state index is 0.0294. The third-order valence-electron chi connectivity index (χ3n) is 5.41. The normalized spacial score (nSPS) is 11.8. The van der Waals surface area contributed by atoms with Crippen LogP contribution in [0.15, 0.2) is 60.7 Å². The predicted octanol–water partition coefficient (Wildman–Crippen LogP) is 6.07. The highest BCUT2D eigenvalue weighted by molar-refractivity contribution is 6.32. The van der Waals surface area contributed by atoms with Crippen LogP contribution in [0.1, 0.15) is 34.6 Å². The Morgan fingerprint density at radius 1 is 1.06 bits per heavy atom. The second kappa shape index (κ2) is 9.24. The van der Waals surface area contributed by atoms with Crippen LogP contribution in [0.25, 0.3) is 11.1 Å². The molecule has 0 saturated heterocycles. The average Bonchev–Trinajstić information content (AvgIpc) is 3.11. The van der Waals surface area contributed by atoms with Crippen molar-refractivity contribution >= 4 is 17.7 Å². The summed E-state index contributed by atoms with van der Waals surface area (Å²) < 4.78 is 18.9. The summed E-state index contributed by atoms with van der Waals surface area (Å²) in [5, 5.41) is 3.04. The van der Waals surface area contributed by atoms with Gasteiger partial charge in [-0.3, -0.25) is 0 Å². The number of rotatable bonds is 4. The van der Waals surface area contributed by atoms with E-state index in [0.717, 1.165) is 0 Å². The predicted molar refractivity (Wildman–Crippen MR) is 121 cm³/mol. The van der Waals surface area contributed by atoms with E-state index in [4.69, 9.17) is 16.3 Å². The topological polar surface area (TPSA) is 38.3 Å². The number of amides is 1. The van der Waals surface area contributed by atoms with Crippen molar-refractivity contribution in [2.45, 2.75) is 19.3 Å². The SMILES string of the molecule is Cc1c(F)ccc(C#CCCNC(=O)OCC2c3ccccc3-c3ccccc32)c1Cl. The molecule has 1 amide bonds. The average molecular weight is 434 g/mol. The van der Waals surface area contributed by atoms with Crippen LogP contribution in [0.2, 0.25) is 5.02 Å². The van der Waals surface area contributed by atoms with E-state index in [9.17, 15) is 9.18 Å². The van der Waals surface area contributed by atoms with E-state index in [2.05, 4.69) is 41.4 Å². The third kappa shape index (κ3) is 4.42. The third-order valence-corrected chi connectivity index (χ3v) is 5.89. The smallest absolute Gasteiger partial charge is 0.407 e. The molecule has 0 atom stereocenters. The van der Waals surface area contributed by atoms with Crippen molar-refractivity contribution in [1.29, 1.82) is 0 Å². The van der Waals surface area contributed by atoms with E-state index in [1.54, 1.807) is 13.0 Å². The van der Waals surface area contributed by atoms with Crippen LogP contribution >= 0.6 is 11.6 Å². The summed E-state index contributed by atoms with van der Waals surface area (Å²) in [5.74, 6) is 5.53. The van der Waals surface area contributed by atoms with Gasteiger partial charge in [-0.1, -0.05) is 72.0 Å². The molecule has 3 aromatic rings. The minimum Gasteiger partial charge on any atom is -0.449 e. The van der Waals surface area contributed by atoms with Gasteiger partial charge in [-0.15, -0.1) is 0 Å². The standard InChI is InChI=1S/C26H21ClFNO2/c1-17-24(28)14-13-18(25(17)27)8-6-7-15-29-26(30)31-16-23-21-11-4-2-9-19(21)20-10-3-5-12-22(20)23/h2-5,9-14,23H,7,15-16H2,1H3,(H,29,30). The summed E-state index contributed by atoms with van der Waals surface area (Å²) in [4.78, 5) is 12.1. The monoisotopic (exact) mass is 433 g/mol. The van der Waals surface area contributed by atoms with Gasteiger partial charge in [0.1, 0.15) is 12.4 Å². The van der Waals surface area contributed by atoms with Crippen molar-refractivity contribution in [3.63, 3.8) is 0 Å². The van der Waals surface area contributed by atoms with E-state index in [1.165, 1.54) is 28.3 Å². The molecule has 3 aromatic carbocycles. The quantitative estimate of drug-likeness (QED) is 0.400. The Labute approximate surface area is 186 Å². The largest absolute Gasteiger partial charge is 0.449 e. The number of carbonyl (C=O) groups is 1. The number of halogens is 2. The van der Waals surface area contributed by atoms with Gasteiger partial charge < -0.3 is 10.1 Å². The fourth-order valence-corrected chi connectivity index (χ4v) is 3.99. The van der Waals surface area contributed by atoms with Crippen LogP contribution in [-0.2, 0) is 4.74 Å². The van der Waals surface area contributed by atoms with Crippen molar-refractivity contribution < 1.29 is 13.9 Å². The summed E-state index contributed by atoms with van der Waals surface area (Å²) >= 11 is 6.10. The lowest BCUT2D eigenvalue weighted by atomic mass is 9.98. The fourth-order valence-electron chi connectivity index (χ4n) is 3.79. The summed E-state index contributed by atoms with van der Waals surface area (Å²) in [6, 6.07) is 19.3. The molecule has 0 heterocycles. The second-order valence-electron chi connectivity index (χ2n) is 7.34. The Morgan fingerprint density at radius 3 is 2.39 bits per heavy atom. The molecule has 0 fully saturated rings. The number of hydrogen-bond donors (Lipinski definition) is 1. The molecule has 0 saturated carbocycles.